The molecule has 2 bridgehead atoms. The van der Waals surface area contributed by atoms with E-state index in [1.54, 1.807) is 4.90 Å². The summed E-state index contributed by atoms with van der Waals surface area (Å²) in [6.07, 6.45) is 3.01. The van der Waals surface area contributed by atoms with Gasteiger partial charge in [0.05, 0.1) is 6.04 Å². The molecule has 0 saturated carbocycles. The largest absolute Gasteiger partial charge is 0.411 e. The molecule has 3 rings (SSSR count). The monoisotopic (exact) mass is 244 g/mol. The number of Topliss-reactive ketones (excluding diaryl/α,β-unsaturated/α-hetero) is 1. The van der Waals surface area contributed by atoms with E-state index >= 15 is 0 Å². The minimum Gasteiger partial charge on any atom is -0.411 e. The average Bonchev–Trinajstić information content (AvgIpc) is 2.57. The smallest absolute Gasteiger partial charge is 0.219 e. The number of benzene rings is 1. The maximum absolute atomic E-state index is 11.9. The van der Waals surface area contributed by atoms with E-state index in [9.17, 15) is 9.90 Å². The van der Waals surface area contributed by atoms with Crippen molar-refractivity contribution in [1.29, 1.82) is 0 Å². The summed E-state index contributed by atoms with van der Waals surface area (Å²) in [5.41, 5.74) is -0.518. The lowest BCUT2D eigenvalue weighted by Crippen LogP contribution is -2.53. The van der Waals surface area contributed by atoms with Crippen LogP contribution in [0, 0.1) is 0 Å². The van der Waals surface area contributed by atoms with E-state index in [1.807, 2.05) is 30.3 Å². The molecule has 92 valence electrons. The SMILES string of the molecule is O=C1C[C@H]2/C(=N/O)C=C[C@]1(O)N2c1ccccc1. The molecule has 0 aliphatic carbocycles. The third kappa shape index (κ3) is 1.31. The van der Waals surface area contributed by atoms with Crippen LogP contribution < -0.4 is 4.90 Å². The van der Waals surface area contributed by atoms with Gasteiger partial charge in [0.2, 0.25) is 5.72 Å². The lowest BCUT2D eigenvalue weighted by atomic mass is 10.0. The highest BCUT2D eigenvalue weighted by atomic mass is 16.4. The molecule has 2 N–H and O–H groups in total. The van der Waals surface area contributed by atoms with Gasteiger partial charge < -0.3 is 15.2 Å². The Morgan fingerprint density at radius 2 is 2.06 bits per heavy atom. The van der Waals surface area contributed by atoms with Crippen LogP contribution in [-0.4, -0.2) is 33.6 Å². The first kappa shape index (κ1) is 11.0. The van der Waals surface area contributed by atoms with E-state index < -0.39 is 11.8 Å². The predicted molar refractivity (Wildman–Crippen MR) is 65.6 cm³/mol. The number of nitrogens with zero attached hydrogens (tertiary/aromatic N) is 2. The summed E-state index contributed by atoms with van der Waals surface area (Å²) in [4.78, 5) is 13.5. The highest BCUT2D eigenvalue weighted by molar-refractivity contribution is 6.13. The molecule has 0 amide bonds. The molecule has 1 aromatic rings. The number of aliphatic hydroxyl groups is 1. The number of carbonyl (C=O) groups is 1. The van der Waals surface area contributed by atoms with Crippen LogP contribution in [0.1, 0.15) is 6.42 Å². The Kier molecular flexibility index (Phi) is 2.24. The van der Waals surface area contributed by atoms with E-state index in [4.69, 9.17) is 5.21 Å². The lowest BCUT2D eigenvalue weighted by molar-refractivity contribution is -0.129. The number of rotatable bonds is 1. The molecule has 0 spiro atoms. The van der Waals surface area contributed by atoms with Gasteiger partial charge in [0.1, 0.15) is 5.71 Å². The lowest BCUT2D eigenvalue weighted by Gasteiger charge is -2.38. The van der Waals surface area contributed by atoms with Crippen LogP contribution in [0.2, 0.25) is 0 Å². The van der Waals surface area contributed by atoms with Crippen molar-refractivity contribution in [3.05, 3.63) is 42.5 Å². The fourth-order valence-electron chi connectivity index (χ4n) is 2.58. The van der Waals surface area contributed by atoms with Gasteiger partial charge in [-0.2, -0.15) is 0 Å². The molecule has 0 radical (unpaired) electrons. The summed E-state index contributed by atoms with van der Waals surface area (Å²) in [6.45, 7) is 0. The zero-order valence-corrected chi connectivity index (χ0v) is 9.52. The van der Waals surface area contributed by atoms with Crippen LogP contribution in [0.25, 0.3) is 0 Å². The van der Waals surface area contributed by atoms with Crippen molar-refractivity contribution >= 4 is 17.2 Å². The Morgan fingerprint density at radius 3 is 2.72 bits per heavy atom. The van der Waals surface area contributed by atoms with Crippen molar-refractivity contribution in [3.63, 3.8) is 0 Å². The molecule has 1 saturated heterocycles. The summed E-state index contributed by atoms with van der Waals surface area (Å²) in [5.74, 6) is -0.286. The molecule has 18 heavy (non-hydrogen) atoms. The highest BCUT2D eigenvalue weighted by Gasteiger charge is 2.54. The van der Waals surface area contributed by atoms with Gasteiger partial charge in [0, 0.05) is 12.1 Å². The van der Waals surface area contributed by atoms with Crippen LogP contribution in [0.4, 0.5) is 5.69 Å². The van der Waals surface area contributed by atoms with E-state index in [0.717, 1.165) is 5.69 Å². The molecule has 5 nitrogen and oxygen atoms in total. The van der Waals surface area contributed by atoms with Crippen LogP contribution in [0.15, 0.2) is 47.6 Å². The van der Waals surface area contributed by atoms with E-state index in [-0.39, 0.29) is 12.2 Å². The number of carbonyl (C=O) groups excluding carboxylic acids is 1. The van der Waals surface area contributed by atoms with Crippen LogP contribution in [0.3, 0.4) is 0 Å². The standard InChI is InChI=1S/C13H12N2O3/c16-12-8-11-10(14-18)6-7-13(12,17)15(11)9-4-2-1-3-5-9/h1-7,11,17-18H,8H2/b14-10+/t11-,13+/m0/s1. The molecular weight excluding hydrogens is 232 g/mol. The van der Waals surface area contributed by atoms with Gasteiger partial charge in [-0.25, -0.2) is 0 Å². The maximum Gasteiger partial charge on any atom is 0.219 e. The molecule has 1 aromatic carbocycles. The summed E-state index contributed by atoms with van der Waals surface area (Å²) < 4.78 is 0. The Labute approximate surface area is 104 Å². The van der Waals surface area contributed by atoms with Gasteiger partial charge in [-0.3, -0.25) is 4.79 Å². The Hall–Kier alpha value is -2.14. The fraction of sp³-hybridized carbons (Fsp3) is 0.231. The summed E-state index contributed by atoms with van der Waals surface area (Å²) >= 11 is 0. The number of hydrogen-bond acceptors (Lipinski definition) is 5. The van der Waals surface area contributed by atoms with Crippen LogP contribution >= 0.6 is 0 Å². The zero-order valence-electron chi connectivity index (χ0n) is 9.52. The third-order valence-corrected chi connectivity index (χ3v) is 3.45. The molecule has 2 aliphatic rings. The van der Waals surface area contributed by atoms with Gasteiger partial charge in [-0.1, -0.05) is 23.4 Å². The van der Waals surface area contributed by atoms with Crippen molar-refractivity contribution in [2.75, 3.05) is 4.90 Å². The van der Waals surface area contributed by atoms with Crippen molar-refractivity contribution in [2.24, 2.45) is 5.16 Å². The molecule has 1 fully saturated rings. The van der Waals surface area contributed by atoms with Crippen molar-refractivity contribution < 1.29 is 15.1 Å². The molecule has 2 atom stereocenters. The van der Waals surface area contributed by atoms with Gasteiger partial charge in [-0.05, 0) is 24.3 Å². The number of ketones is 1. The molecule has 0 unspecified atom stereocenters. The fourth-order valence-corrected chi connectivity index (χ4v) is 2.58. The molecule has 2 heterocycles. The molecule has 5 heteroatoms. The summed E-state index contributed by atoms with van der Waals surface area (Å²) in [7, 11) is 0. The molecule has 0 aromatic heterocycles. The van der Waals surface area contributed by atoms with E-state index in [2.05, 4.69) is 5.16 Å². The van der Waals surface area contributed by atoms with Crippen molar-refractivity contribution in [2.45, 2.75) is 18.2 Å². The average molecular weight is 244 g/mol. The second kappa shape index (κ2) is 3.68. The summed E-state index contributed by atoms with van der Waals surface area (Å²) in [5, 5.41) is 22.6. The quantitative estimate of drug-likeness (QED) is 0.569. The first-order valence-electron chi connectivity index (χ1n) is 5.68. The van der Waals surface area contributed by atoms with Gasteiger partial charge in [-0.15, -0.1) is 0 Å². The van der Waals surface area contributed by atoms with Gasteiger partial charge >= 0.3 is 0 Å². The Morgan fingerprint density at radius 1 is 1.33 bits per heavy atom. The maximum atomic E-state index is 11.9. The van der Waals surface area contributed by atoms with Gasteiger partial charge in [0.15, 0.2) is 5.78 Å². The molecular formula is C13H12N2O3. The first-order valence-corrected chi connectivity index (χ1v) is 5.68. The second-order valence-electron chi connectivity index (χ2n) is 4.43. The van der Waals surface area contributed by atoms with E-state index in [0.29, 0.717) is 5.71 Å². The highest BCUT2D eigenvalue weighted by Crippen LogP contribution is 2.38. The Bertz CT molecular complexity index is 553. The normalized spacial score (nSPS) is 32.3. The topological polar surface area (TPSA) is 73.1 Å². The minimum atomic E-state index is -1.62. The summed E-state index contributed by atoms with van der Waals surface area (Å²) in [6, 6.07) is 8.72. The Balaban J connectivity index is 2.15. The first-order chi connectivity index (χ1) is 8.66. The number of hydrogen-bond donors (Lipinski definition) is 2. The number of anilines is 1. The third-order valence-electron chi connectivity index (χ3n) is 3.45. The zero-order chi connectivity index (χ0) is 12.8. The van der Waals surface area contributed by atoms with Gasteiger partial charge in [0.25, 0.3) is 0 Å². The number of oxime groups is 1. The van der Waals surface area contributed by atoms with Crippen LogP contribution in [0.5, 0.6) is 0 Å². The number of fused-ring (bicyclic) bond motifs is 2. The van der Waals surface area contributed by atoms with Crippen molar-refractivity contribution in [1.82, 2.24) is 0 Å². The van der Waals surface area contributed by atoms with E-state index in [1.165, 1.54) is 12.2 Å². The predicted octanol–water partition coefficient (Wildman–Crippen LogP) is 0.923. The minimum absolute atomic E-state index is 0.137. The molecule has 2 aliphatic heterocycles. The van der Waals surface area contributed by atoms with Crippen molar-refractivity contribution in [3.8, 4) is 0 Å². The van der Waals surface area contributed by atoms with Crippen LogP contribution in [-0.2, 0) is 4.79 Å². The number of para-hydroxylation sites is 1. The second-order valence-corrected chi connectivity index (χ2v) is 4.43.